The number of hydrazone groups is 1. The second-order valence-electron chi connectivity index (χ2n) is 4.30. The molecule has 0 heterocycles. The molecule has 1 rings (SSSR count). The van der Waals surface area contributed by atoms with Crippen LogP contribution in [0.5, 0.6) is 0 Å². The first-order valence-corrected chi connectivity index (χ1v) is 6.12. The highest BCUT2D eigenvalue weighted by molar-refractivity contribution is 6.28. The Balaban J connectivity index is 2.93. The lowest BCUT2D eigenvalue weighted by Crippen LogP contribution is -2.11. The molecule has 112 valence electrons. The summed E-state index contributed by atoms with van der Waals surface area (Å²) >= 11 is 0. The van der Waals surface area contributed by atoms with Crippen molar-refractivity contribution in [2.45, 2.75) is 20.3 Å². The lowest BCUT2D eigenvalue weighted by Gasteiger charge is -2.03. The topological polar surface area (TPSA) is 128 Å². The molecule has 0 bridgehead atoms. The minimum Gasteiger partial charge on any atom is -0.293 e. The van der Waals surface area contributed by atoms with Gasteiger partial charge in [-0.1, -0.05) is 13.8 Å². The first-order valence-electron chi connectivity index (χ1n) is 6.12. The molecule has 1 unspecified atom stereocenters. The van der Waals surface area contributed by atoms with E-state index in [0.29, 0.717) is 6.42 Å². The zero-order valence-electron chi connectivity index (χ0n) is 11.5. The quantitative estimate of drug-likeness (QED) is 0.467. The fourth-order valence-electron chi connectivity index (χ4n) is 1.37. The van der Waals surface area contributed by atoms with Gasteiger partial charge in [0.2, 0.25) is 0 Å². The van der Waals surface area contributed by atoms with E-state index in [1.165, 1.54) is 6.07 Å². The molecule has 9 nitrogen and oxygen atoms in total. The summed E-state index contributed by atoms with van der Waals surface area (Å²) < 4.78 is 0. The predicted molar refractivity (Wildman–Crippen MR) is 76.3 cm³/mol. The van der Waals surface area contributed by atoms with Crippen LogP contribution in [-0.4, -0.2) is 21.8 Å². The number of nitrogens with one attached hydrogen (secondary N) is 1. The van der Waals surface area contributed by atoms with Crippen LogP contribution in [0.15, 0.2) is 23.3 Å². The minimum absolute atomic E-state index is 0.0289. The van der Waals surface area contributed by atoms with E-state index < -0.39 is 21.2 Å². The molecule has 1 atom stereocenters. The number of Topliss-reactive ketones (excluding diaryl/α,β-unsaturated/α-hetero) is 1. The van der Waals surface area contributed by atoms with E-state index >= 15 is 0 Å². The fourth-order valence-corrected chi connectivity index (χ4v) is 1.37. The van der Waals surface area contributed by atoms with Crippen molar-refractivity contribution in [2.24, 2.45) is 11.0 Å². The highest BCUT2D eigenvalue weighted by Crippen LogP contribution is 2.28. The molecule has 0 amide bonds. The van der Waals surface area contributed by atoms with Crippen LogP contribution < -0.4 is 5.43 Å². The normalized spacial score (nSPS) is 12.1. The Hall–Kier alpha value is -2.84. The maximum Gasteiger partial charge on any atom is 0.301 e. The van der Waals surface area contributed by atoms with Crippen LogP contribution in [0.3, 0.4) is 0 Å². The van der Waals surface area contributed by atoms with E-state index in [2.05, 4.69) is 10.5 Å². The highest BCUT2D eigenvalue weighted by atomic mass is 16.6. The summed E-state index contributed by atoms with van der Waals surface area (Å²) in [6.07, 6.45) is 1.70. The Kier molecular flexibility index (Phi) is 5.47. The van der Waals surface area contributed by atoms with Crippen LogP contribution in [-0.2, 0) is 4.79 Å². The van der Waals surface area contributed by atoms with E-state index in [9.17, 15) is 25.0 Å². The van der Waals surface area contributed by atoms with Crippen molar-refractivity contribution in [3.8, 4) is 0 Å². The van der Waals surface area contributed by atoms with Gasteiger partial charge in [0.25, 0.3) is 5.69 Å². The Morgan fingerprint density at radius 3 is 2.57 bits per heavy atom. The number of nitrogens with zero attached hydrogens (tertiary/aromatic N) is 3. The number of carbonyl (C=O) groups excluding carboxylic acids is 1. The molecule has 1 aromatic carbocycles. The van der Waals surface area contributed by atoms with E-state index in [1.54, 1.807) is 6.92 Å². The Morgan fingerprint density at radius 1 is 1.38 bits per heavy atom. The fraction of sp³-hybridized carbons (Fsp3) is 0.333. The summed E-state index contributed by atoms with van der Waals surface area (Å²) in [7, 11) is 0. The second kappa shape index (κ2) is 7.08. The Labute approximate surface area is 120 Å². The first-order chi connectivity index (χ1) is 9.86. The smallest absolute Gasteiger partial charge is 0.293 e. The highest BCUT2D eigenvalue weighted by Gasteiger charge is 2.19. The molecule has 0 radical (unpaired) electrons. The predicted octanol–water partition coefficient (Wildman–Crippen LogP) is 2.52. The molecular weight excluding hydrogens is 280 g/mol. The van der Waals surface area contributed by atoms with E-state index in [4.69, 9.17) is 0 Å². The SMILES string of the molecule is CCC(C)C(=O)/C=N/Nc1ccc([N+](=O)[O-])cc1[N+](=O)[O-]. The van der Waals surface area contributed by atoms with Gasteiger partial charge in [-0.3, -0.25) is 30.4 Å². The lowest BCUT2D eigenvalue weighted by molar-refractivity contribution is -0.393. The third-order valence-corrected chi connectivity index (χ3v) is 2.86. The molecule has 0 aromatic heterocycles. The van der Waals surface area contributed by atoms with Gasteiger partial charge in [-0.15, -0.1) is 0 Å². The van der Waals surface area contributed by atoms with Crippen molar-refractivity contribution in [2.75, 3.05) is 5.43 Å². The number of nitro benzene ring substituents is 2. The number of nitro groups is 2. The number of benzene rings is 1. The number of rotatable bonds is 7. The maximum absolute atomic E-state index is 11.5. The van der Waals surface area contributed by atoms with Gasteiger partial charge in [0.1, 0.15) is 5.69 Å². The molecule has 21 heavy (non-hydrogen) atoms. The van der Waals surface area contributed by atoms with Gasteiger partial charge in [0.15, 0.2) is 5.78 Å². The number of carbonyl (C=O) groups is 1. The Bertz CT molecular complexity index is 599. The van der Waals surface area contributed by atoms with Gasteiger partial charge < -0.3 is 0 Å². The lowest BCUT2D eigenvalue weighted by atomic mass is 10.1. The van der Waals surface area contributed by atoms with E-state index in [1.807, 2.05) is 6.92 Å². The molecule has 0 saturated carbocycles. The van der Waals surface area contributed by atoms with Crippen LogP contribution in [0.1, 0.15) is 20.3 Å². The number of hydrogen-bond acceptors (Lipinski definition) is 7. The second-order valence-corrected chi connectivity index (χ2v) is 4.30. The summed E-state index contributed by atoms with van der Waals surface area (Å²) in [6.45, 7) is 3.59. The molecule has 0 aliphatic rings. The number of ketones is 1. The van der Waals surface area contributed by atoms with Gasteiger partial charge in [-0.05, 0) is 12.5 Å². The summed E-state index contributed by atoms with van der Waals surface area (Å²) in [5, 5.41) is 25.1. The number of hydrogen-bond donors (Lipinski definition) is 1. The van der Waals surface area contributed by atoms with Crippen LogP contribution in [0.2, 0.25) is 0 Å². The zero-order chi connectivity index (χ0) is 16.0. The van der Waals surface area contributed by atoms with Gasteiger partial charge in [0.05, 0.1) is 22.1 Å². The average molecular weight is 294 g/mol. The van der Waals surface area contributed by atoms with E-state index in [-0.39, 0.29) is 17.4 Å². The van der Waals surface area contributed by atoms with Crippen LogP contribution in [0.25, 0.3) is 0 Å². The van der Waals surface area contributed by atoms with E-state index in [0.717, 1.165) is 18.3 Å². The maximum atomic E-state index is 11.5. The molecule has 0 spiro atoms. The molecule has 0 aliphatic heterocycles. The van der Waals surface area contributed by atoms with Crippen molar-refractivity contribution in [1.29, 1.82) is 0 Å². The summed E-state index contributed by atoms with van der Waals surface area (Å²) in [5.74, 6) is -0.406. The molecule has 0 aliphatic carbocycles. The van der Waals surface area contributed by atoms with Gasteiger partial charge in [0, 0.05) is 12.0 Å². The monoisotopic (exact) mass is 294 g/mol. The molecule has 0 saturated heterocycles. The standard InChI is InChI=1S/C12H14N4O5/c1-3-8(2)12(17)7-13-14-10-5-4-9(15(18)19)6-11(10)16(20)21/h4-8,14H,3H2,1-2H3/b13-7+. The van der Waals surface area contributed by atoms with Crippen LogP contribution in [0, 0.1) is 26.1 Å². The molecule has 1 aromatic rings. The molecule has 1 N–H and O–H groups in total. The van der Waals surface area contributed by atoms with Crippen LogP contribution >= 0.6 is 0 Å². The van der Waals surface area contributed by atoms with Gasteiger partial charge >= 0.3 is 5.69 Å². The first kappa shape index (κ1) is 16.2. The Morgan fingerprint density at radius 2 is 2.05 bits per heavy atom. The average Bonchev–Trinajstić information content (AvgIpc) is 2.45. The number of non-ortho nitro benzene ring substituents is 1. The van der Waals surface area contributed by atoms with Crippen molar-refractivity contribution in [3.05, 3.63) is 38.4 Å². The molecular formula is C12H14N4O5. The zero-order valence-corrected chi connectivity index (χ0v) is 11.5. The van der Waals surface area contributed by atoms with Crippen molar-refractivity contribution >= 4 is 29.1 Å². The third-order valence-electron chi connectivity index (χ3n) is 2.86. The summed E-state index contributed by atoms with van der Waals surface area (Å²) in [5.41, 5.74) is 1.44. The summed E-state index contributed by atoms with van der Waals surface area (Å²) in [6, 6.07) is 3.11. The summed E-state index contributed by atoms with van der Waals surface area (Å²) in [4.78, 5) is 31.5. The molecule has 9 heteroatoms. The largest absolute Gasteiger partial charge is 0.301 e. The third kappa shape index (κ3) is 4.34. The van der Waals surface area contributed by atoms with Crippen LogP contribution in [0.4, 0.5) is 17.1 Å². The molecule has 0 fully saturated rings. The number of anilines is 1. The van der Waals surface area contributed by atoms with Gasteiger partial charge in [-0.25, -0.2) is 0 Å². The van der Waals surface area contributed by atoms with Gasteiger partial charge in [-0.2, -0.15) is 5.10 Å². The van der Waals surface area contributed by atoms with Crippen molar-refractivity contribution in [1.82, 2.24) is 0 Å². The van der Waals surface area contributed by atoms with Crippen molar-refractivity contribution < 1.29 is 14.6 Å². The van der Waals surface area contributed by atoms with Crippen molar-refractivity contribution in [3.63, 3.8) is 0 Å². The minimum atomic E-state index is -0.763.